The number of fused-ring (bicyclic) bond motifs is 1. The summed E-state index contributed by atoms with van der Waals surface area (Å²) in [4.78, 5) is 48.1. The Labute approximate surface area is 154 Å². The molecule has 1 aliphatic rings. The first kappa shape index (κ1) is 21.0. The van der Waals surface area contributed by atoms with E-state index in [-0.39, 0.29) is 17.1 Å². The lowest BCUT2D eigenvalue weighted by atomic mass is 10.1. The number of H-pyrrole nitrogens is 1. The molecule has 0 radical (unpaired) electrons. The van der Waals surface area contributed by atoms with Gasteiger partial charge in [-0.05, 0) is 0 Å². The van der Waals surface area contributed by atoms with E-state index in [2.05, 4.69) is 23.8 Å². The standard InChI is InChI=1S/C10H15N5O11P2/c11-10-13-7-4(8(18)14-10)12-2-15(7)9-6(17)5(16)3(25-9)1-24-28(22,23)26-27(19,20)21/h2-3,5-6,9,16-17H,1H2,(H,22,23)(H2,19,20,21)(H3,11,13,14,18)/t3-,5+,6+,9+/m0/s1. The van der Waals surface area contributed by atoms with Gasteiger partial charge in [0.2, 0.25) is 5.95 Å². The third-order valence-electron chi connectivity index (χ3n) is 3.67. The minimum atomic E-state index is -5.32. The van der Waals surface area contributed by atoms with Gasteiger partial charge in [0.15, 0.2) is 17.4 Å². The van der Waals surface area contributed by atoms with Gasteiger partial charge in [0.05, 0.1) is 12.9 Å². The molecular weight excluding hydrogens is 428 g/mol. The number of aromatic amines is 1. The van der Waals surface area contributed by atoms with Gasteiger partial charge in [0.25, 0.3) is 5.56 Å². The van der Waals surface area contributed by atoms with E-state index in [0.717, 1.165) is 10.9 Å². The number of aliphatic hydroxyl groups excluding tert-OH is 2. The van der Waals surface area contributed by atoms with Crippen molar-refractivity contribution in [1.29, 1.82) is 0 Å². The maximum atomic E-state index is 11.8. The SMILES string of the molecule is Nc1nc2c(ncn2[C@@H]2O[C@@H](COP(=O)(O)OP(=O)(O)O)[C@@H](O)[C@H]2O)c(=O)[nH]1. The zero-order valence-electron chi connectivity index (χ0n) is 13.6. The normalized spacial score (nSPS) is 27.9. The van der Waals surface area contributed by atoms with Gasteiger partial charge in [0.1, 0.15) is 18.3 Å². The van der Waals surface area contributed by atoms with Crippen LogP contribution in [0.3, 0.4) is 0 Å². The second-order valence-corrected chi connectivity index (χ2v) is 8.49. The van der Waals surface area contributed by atoms with Crippen LogP contribution in [0.15, 0.2) is 11.1 Å². The lowest BCUT2D eigenvalue weighted by Gasteiger charge is -2.17. The lowest BCUT2D eigenvalue weighted by Crippen LogP contribution is -2.33. The Morgan fingerprint density at radius 3 is 2.61 bits per heavy atom. The van der Waals surface area contributed by atoms with Crippen LogP contribution in [0.5, 0.6) is 0 Å². The van der Waals surface area contributed by atoms with Gasteiger partial charge in [-0.1, -0.05) is 0 Å². The summed E-state index contributed by atoms with van der Waals surface area (Å²) in [6.45, 7) is -0.870. The van der Waals surface area contributed by atoms with Crippen molar-refractivity contribution in [2.75, 3.05) is 12.3 Å². The van der Waals surface area contributed by atoms with Gasteiger partial charge in [0, 0.05) is 0 Å². The van der Waals surface area contributed by atoms with Gasteiger partial charge < -0.3 is 35.4 Å². The van der Waals surface area contributed by atoms with Gasteiger partial charge in [-0.15, -0.1) is 0 Å². The molecule has 1 fully saturated rings. The Morgan fingerprint density at radius 1 is 1.29 bits per heavy atom. The zero-order valence-corrected chi connectivity index (χ0v) is 15.4. The largest absolute Gasteiger partial charge is 0.481 e. The molecular formula is C10H15N5O11P2. The summed E-state index contributed by atoms with van der Waals surface area (Å²) >= 11 is 0. The number of hydrogen-bond acceptors (Lipinski definition) is 11. The first-order valence-electron chi connectivity index (χ1n) is 7.36. The highest BCUT2D eigenvalue weighted by molar-refractivity contribution is 7.60. The predicted octanol–water partition coefficient (Wildman–Crippen LogP) is -2.45. The molecule has 0 saturated carbocycles. The van der Waals surface area contributed by atoms with Crippen LogP contribution in [-0.2, 0) is 22.7 Å². The number of phosphoric acid groups is 2. The molecule has 0 aromatic carbocycles. The Morgan fingerprint density at radius 2 is 1.96 bits per heavy atom. The number of aromatic nitrogens is 4. The van der Waals surface area contributed by atoms with Gasteiger partial charge >= 0.3 is 15.6 Å². The van der Waals surface area contributed by atoms with Crippen LogP contribution >= 0.6 is 15.6 Å². The molecule has 16 nitrogen and oxygen atoms in total. The van der Waals surface area contributed by atoms with Gasteiger partial charge in [-0.3, -0.25) is 18.9 Å². The average molecular weight is 443 g/mol. The highest BCUT2D eigenvalue weighted by atomic mass is 31.3. The number of imidazole rings is 1. The van der Waals surface area contributed by atoms with E-state index in [1.807, 2.05) is 0 Å². The smallest absolute Gasteiger partial charge is 0.387 e. The summed E-state index contributed by atoms with van der Waals surface area (Å²) in [6.07, 6.45) is -4.88. The van der Waals surface area contributed by atoms with E-state index in [1.54, 1.807) is 0 Å². The molecule has 1 saturated heterocycles. The lowest BCUT2D eigenvalue weighted by molar-refractivity contribution is -0.0503. The molecule has 8 N–H and O–H groups in total. The minimum Gasteiger partial charge on any atom is -0.387 e. The number of nitrogen functional groups attached to an aromatic ring is 1. The summed E-state index contributed by atoms with van der Waals surface area (Å²) in [5.74, 6) is -0.233. The highest BCUT2D eigenvalue weighted by Crippen LogP contribution is 2.57. The van der Waals surface area contributed by atoms with Crippen molar-refractivity contribution < 1.29 is 47.6 Å². The molecule has 2 aromatic rings. The number of aliphatic hydroxyl groups is 2. The van der Waals surface area contributed by atoms with Crippen molar-refractivity contribution in [3.8, 4) is 0 Å². The number of nitrogens with one attached hydrogen (secondary N) is 1. The first-order chi connectivity index (χ1) is 12.9. The van der Waals surface area contributed by atoms with Crippen LogP contribution in [0.25, 0.3) is 11.2 Å². The number of rotatable bonds is 6. The van der Waals surface area contributed by atoms with Gasteiger partial charge in [-0.25, -0.2) is 14.1 Å². The van der Waals surface area contributed by atoms with Crippen LogP contribution in [0, 0.1) is 0 Å². The average Bonchev–Trinajstić information content (AvgIpc) is 3.06. The van der Waals surface area contributed by atoms with Crippen molar-refractivity contribution in [2.24, 2.45) is 0 Å². The number of anilines is 1. The van der Waals surface area contributed by atoms with Crippen LogP contribution in [0.2, 0.25) is 0 Å². The molecule has 0 spiro atoms. The Hall–Kier alpha value is -1.71. The molecule has 2 aromatic heterocycles. The van der Waals surface area contributed by atoms with Crippen LogP contribution in [-0.4, -0.2) is 69.3 Å². The maximum Gasteiger partial charge on any atom is 0.481 e. The summed E-state index contributed by atoms with van der Waals surface area (Å²) in [5.41, 5.74) is 4.65. The molecule has 0 aliphatic carbocycles. The molecule has 0 amide bonds. The van der Waals surface area contributed by atoms with Gasteiger partial charge in [-0.2, -0.15) is 9.29 Å². The van der Waals surface area contributed by atoms with E-state index in [0.29, 0.717) is 0 Å². The number of phosphoric ester groups is 1. The fourth-order valence-electron chi connectivity index (χ4n) is 2.55. The second-order valence-electron chi connectivity index (χ2n) is 5.66. The number of hydrogen-bond donors (Lipinski definition) is 7. The summed E-state index contributed by atoms with van der Waals surface area (Å²) in [5, 5.41) is 20.3. The minimum absolute atomic E-state index is 0.0586. The third-order valence-corrected chi connectivity index (χ3v) is 5.83. The fourth-order valence-corrected chi connectivity index (χ4v) is 4.15. The van der Waals surface area contributed by atoms with E-state index >= 15 is 0 Å². The molecule has 3 rings (SSSR count). The molecule has 28 heavy (non-hydrogen) atoms. The number of nitrogens with two attached hydrogens (primary N) is 1. The maximum absolute atomic E-state index is 11.8. The molecule has 18 heteroatoms. The Bertz CT molecular complexity index is 1030. The van der Waals surface area contributed by atoms with Crippen molar-refractivity contribution in [3.05, 3.63) is 16.7 Å². The quantitative estimate of drug-likeness (QED) is 0.229. The molecule has 1 aliphatic heterocycles. The van der Waals surface area contributed by atoms with E-state index in [9.17, 15) is 29.0 Å². The van der Waals surface area contributed by atoms with E-state index in [4.69, 9.17) is 20.3 Å². The summed E-state index contributed by atoms with van der Waals surface area (Å²) in [6, 6.07) is 0. The topological polar surface area (TPSA) is 253 Å². The monoisotopic (exact) mass is 443 g/mol. The fraction of sp³-hybridized carbons (Fsp3) is 0.500. The molecule has 5 atom stereocenters. The Kier molecular flexibility index (Phi) is 5.46. The Balaban J connectivity index is 1.79. The highest BCUT2D eigenvalue weighted by Gasteiger charge is 2.46. The van der Waals surface area contributed by atoms with Crippen molar-refractivity contribution in [3.63, 3.8) is 0 Å². The van der Waals surface area contributed by atoms with E-state index < -0.39 is 52.4 Å². The molecule has 156 valence electrons. The molecule has 3 heterocycles. The van der Waals surface area contributed by atoms with Crippen LogP contribution in [0.4, 0.5) is 5.95 Å². The van der Waals surface area contributed by atoms with Crippen molar-refractivity contribution in [1.82, 2.24) is 19.5 Å². The van der Waals surface area contributed by atoms with Crippen molar-refractivity contribution in [2.45, 2.75) is 24.5 Å². The zero-order chi connectivity index (χ0) is 20.9. The molecule has 0 bridgehead atoms. The number of nitrogens with zero attached hydrogens (tertiary/aromatic N) is 3. The van der Waals surface area contributed by atoms with E-state index in [1.165, 1.54) is 0 Å². The molecule has 1 unspecified atom stereocenters. The number of ether oxygens (including phenoxy) is 1. The predicted molar refractivity (Wildman–Crippen MR) is 87.4 cm³/mol. The van der Waals surface area contributed by atoms with Crippen molar-refractivity contribution >= 4 is 32.8 Å². The second kappa shape index (κ2) is 7.27. The van der Waals surface area contributed by atoms with Crippen LogP contribution < -0.4 is 11.3 Å². The van der Waals surface area contributed by atoms with Crippen LogP contribution in [0.1, 0.15) is 6.23 Å². The third kappa shape index (κ3) is 4.31. The summed E-state index contributed by atoms with van der Waals surface area (Å²) in [7, 11) is -10.5. The summed E-state index contributed by atoms with van der Waals surface area (Å²) < 4.78 is 36.6. The first-order valence-corrected chi connectivity index (χ1v) is 10.4.